The van der Waals surface area contributed by atoms with Crippen LogP contribution in [0.3, 0.4) is 0 Å². The van der Waals surface area contributed by atoms with Crippen LogP contribution in [0.1, 0.15) is 31.0 Å². The molecule has 0 spiro atoms. The molecule has 0 amide bonds. The second kappa shape index (κ2) is 5.85. The largest absolute Gasteiger partial charge is 0.491 e. The van der Waals surface area contributed by atoms with Gasteiger partial charge in [0, 0.05) is 0 Å². The summed E-state index contributed by atoms with van der Waals surface area (Å²) in [7, 11) is 0. The van der Waals surface area contributed by atoms with Gasteiger partial charge in [-0.15, -0.1) is 0 Å². The molecule has 0 saturated carbocycles. The summed E-state index contributed by atoms with van der Waals surface area (Å²) in [4.78, 5) is 0. The molecule has 2 aromatic rings. The SMILES string of the molecule is CC(C)Oc1ccc(C(N)c2ccc(F)cc2)cc1. The van der Waals surface area contributed by atoms with Gasteiger partial charge in [-0.05, 0) is 49.2 Å². The summed E-state index contributed by atoms with van der Waals surface area (Å²) in [6.45, 7) is 3.97. The zero-order valence-corrected chi connectivity index (χ0v) is 11.1. The van der Waals surface area contributed by atoms with E-state index < -0.39 is 0 Å². The Morgan fingerprint density at radius 2 is 1.37 bits per heavy atom. The van der Waals surface area contributed by atoms with Gasteiger partial charge in [-0.2, -0.15) is 0 Å². The lowest BCUT2D eigenvalue weighted by Gasteiger charge is -2.14. The van der Waals surface area contributed by atoms with Crippen LogP contribution in [-0.4, -0.2) is 6.10 Å². The third-order valence-corrected chi connectivity index (χ3v) is 2.84. The minimum atomic E-state index is -0.256. The number of ether oxygens (including phenoxy) is 1. The molecule has 0 radical (unpaired) electrons. The lowest BCUT2D eigenvalue weighted by atomic mass is 10.00. The normalized spacial score (nSPS) is 12.5. The molecule has 0 aromatic heterocycles. The number of benzene rings is 2. The molecule has 19 heavy (non-hydrogen) atoms. The topological polar surface area (TPSA) is 35.2 Å². The van der Waals surface area contributed by atoms with Crippen molar-refractivity contribution in [3.05, 3.63) is 65.5 Å². The van der Waals surface area contributed by atoms with Gasteiger partial charge in [-0.3, -0.25) is 0 Å². The van der Waals surface area contributed by atoms with Crippen LogP contribution >= 0.6 is 0 Å². The van der Waals surface area contributed by atoms with E-state index in [4.69, 9.17) is 10.5 Å². The number of hydrogen-bond acceptors (Lipinski definition) is 2. The van der Waals surface area contributed by atoms with Gasteiger partial charge < -0.3 is 10.5 Å². The molecule has 2 N–H and O–H groups in total. The van der Waals surface area contributed by atoms with E-state index in [-0.39, 0.29) is 18.0 Å². The van der Waals surface area contributed by atoms with Gasteiger partial charge in [0.2, 0.25) is 0 Å². The third-order valence-electron chi connectivity index (χ3n) is 2.84. The first kappa shape index (κ1) is 13.6. The van der Waals surface area contributed by atoms with Crippen molar-refractivity contribution in [3.8, 4) is 5.75 Å². The highest BCUT2D eigenvalue weighted by atomic mass is 19.1. The van der Waals surface area contributed by atoms with E-state index in [1.54, 1.807) is 12.1 Å². The van der Waals surface area contributed by atoms with E-state index in [0.29, 0.717) is 0 Å². The standard InChI is InChI=1S/C16H18FNO/c1-11(2)19-15-9-5-13(6-10-15)16(18)12-3-7-14(17)8-4-12/h3-11,16H,18H2,1-2H3. The Balaban J connectivity index is 2.15. The molecule has 2 aromatic carbocycles. The quantitative estimate of drug-likeness (QED) is 0.909. The van der Waals surface area contributed by atoms with E-state index in [9.17, 15) is 4.39 Å². The van der Waals surface area contributed by atoms with Crippen molar-refractivity contribution in [1.82, 2.24) is 0 Å². The highest BCUT2D eigenvalue weighted by Crippen LogP contribution is 2.22. The summed E-state index contributed by atoms with van der Waals surface area (Å²) in [6.07, 6.45) is 0.150. The Bertz CT molecular complexity index is 519. The average molecular weight is 259 g/mol. The average Bonchev–Trinajstić information content (AvgIpc) is 2.39. The Hall–Kier alpha value is -1.87. The van der Waals surface area contributed by atoms with Crippen LogP contribution in [0.4, 0.5) is 4.39 Å². The second-order valence-electron chi connectivity index (χ2n) is 4.76. The molecule has 0 aliphatic rings. The third kappa shape index (κ3) is 3.55. The van der Waals surface area contributed by atoms with Gasteiger partial charge in [-0.25, -0.2) is 4.39 Å². The molecule has 0 saturated heterocycles. The molecular weight excluding hydrogens is 241 g/mol. The monoisotopic (exact) mass is 259 g/mol. The minimum absolute atomic E-state index is 0.150. The van der Waals surface area contributed by atoms with Gasteiger partial charge in [0.25, 0.3) is 0 Å². The summed E-state index contributed by atoms with van der Waals surface area (Å²) in [5, 5.41) is 0. The lowest BCUT2D eigenvalue weighted by Crippen LogP contribution is -2.12. The highest BCUT2D eigenvalue weighted by molar-refractivity contribution is 5.35. The first-order valence-electron chi connectivity index (χ1n) is 6.34. The number of halogens is 1. The van der Waals surface area contributed by atoms with Crippen molar-refractivity contribution in [2.75, 3.05) is 0 Å². The molecule has 2 nitrogen and oxygen atoms in total. The van der Waals surface area contributed by atoms with E-state index in [1.807, 2.05) is 38.1 Å². The fourth-order valence-corrected chi connectivity index (χ4v) is 1.89. The molecule has 1 unspecified atom stereocenters. The van der Waals surface area contributed by atoms with Gasteiger partial charge in [0.15, 0.2) is 0 Å². The summed E-state index contributed by atoms with van der Waals surface area (Å²) in [6, 6.07) is 13.7. The van der Waals surface area contributed by atoms with Gasteiger partial charge >= 0.3 is 0 Å². The first-order chi connectivity index (χ1) is 9.06. The second-order valence-corrected chi connectivity index (χ2v) is 4.76. The van der Waals surface area contributed by atoms with Crippen LogP contribution < -0.4 is 10.5 Å². The Labute approximate surface area is 113 Å². The maximum Gasteiger partial charge on any atom is 0.123 e. The van der Waals surface area contributed by atoms with E-state index in [2.05, 4.69) is 0 Å². The molecule has 0 bridgehead atoms. The zero-order chi connectivity index (χ0) is 13.8. The minimum Gasteiger partial charge on any atom is -0.491 e. The fourth-order valence-electron chi connectivity index (χ4n) is 1.89. The maximum absolute atomic E-state index is 12.9. The van der Waals surface area contributed by atoms with Crippen molar-refractivity contribution >= 4 is 0 Å². The number of nitrogens with two attached hydrogens (primary N) is 1. The van der Waals surface area contributed by atoms with Crippen molar-refractivity contribution < 1.29 is 9.13 Å². The highest BCUT2D eigenvalue weighted by Gasteiger charge is 2.09. The van der Waals surface area contributed by atoms with Crippen LogP contribution in [0.15, 0.2) is 48.5 Å². The lowest BCUT2D eigenvalue weighted by molar-refractivity contribution is 0.242. The summed E-state index contributed by atoms with van der Waals surface area (Å²) < 4.78 is 18.4. The summed E-state index contributed by atoms with van der Waals surface area (Å²) in [5.41, 5.74) is 8.02. The molecule has 3 heteroatoms. The molecule has 2 rings (SSSR count). The van der Waals surface area contributed by atoms with E-state index in [1.165, 1.54) is 12.1 Å². The maximum atomic E-state index is 12.9. The van der Waals surface area contributed by atoms with Crippen molar-refractivity contribution in [2.45, 2.75) is 26.0 Å². The molecule has 0 heterocycles. The van der Waals surface area contributed by atoms with Gasteiger partial charge in [-0.1, -0.05) is 24.3 Å². The van der Waals surface area contributed by atoms with Gasteiger partial charge in [0.1, 0.15) is 11.6 Å². The Morgan fingerprint density at radius 3 is 1.84 bits per heavy atom. The van der Waals surface area contributed by atoms with Crippen LogP contribution in [0.2, 0.25) is 0 Å². The zero-order valence-electron chi connectivity index (χ0n) is 11.1. The van der Waals surface area contributed by atoms with E-state index in [0.717, 1.165) is 16.9 Å². The predicted molar refractivity (Wildman–Crippen MR) is 74.6 cm³/mol. The Morgan fingerprint density at radius 1 is 0.895 bits per heavy atom. The smallest absolute Gasteiger partial charge is 0.123 e. The van der Waals surface area contributed by atoms with E-state index >= 15 is 0 Å². The van der Waals surface area contributed by atoms with Crippen LogP contribution in [0.5, 0.6) is 5.75 Å². The summed E-state index contributed by atoms with van der Waals surface area (Å²) in [5.74, 6) is 0.571. The van der Waals surface area contributed by atoms with Crippen molar-refractivity contribution in [1.29, 1.82) is 0 Å². The molecule has 0 aliphatic heterocycles. The van der Waals surface area contributed by atoms with Crippen LogP contribution in [0.25, 0.3) is 0 Å². The summed E-state index contributed by atoms with van der Waals surface area (Å²) >= 11 is 0. The fraction of sp³-hybridized carbons (Fsp3) is 0.250. The van der Waals surface area contributed by atoms with Crippen LogP contribution in [0, 0.1) is 5.82 Å². The number of hydrogen-bond donors (Lipinski definition) is 1. The Kier molecular flexibility index (Phi) is 4.17. The van der Waals surface area contributed by atoms with Crippen molar-refractivity contribution in [3.63, 3.8) is 0 Å². The molecular formula is C16H18FNO. The number of rotatable bonds is 4. The molecule has 0 aliphatic carbocycles. The van der Waals surface area contributed by atoms with Gasteiger partial charge in [0.05, 0.1) is 12.1 Å². The van der Waals surface area contributed by atoms with Crippen LogP contribution in [-0.2, 0) is 0 Å². The molecule has 100 valence electrons. The first-order valence-corrected chi connectivity index (χ1v) is 6.34. The molecule has 0 fully saturated rings. The predicted octanol–water partition coefficient (Wildman–Crippen LogP) is 3.66. The van der Waals surface area contributed by atoms with Crippen molar-refractivity contribution in [2.24, 2.45) is 5.73 Å². The molecule has 1 atom stereocenters.